The molecule has 4 nitrogen and oxygen atoms in total. The summed E-state index contributed by atoms with van der Waals surface area (Å²) in [6.07, 6.45) is 0. The number of benzene rings is 2. The number of nitrogens with one attached hydrogen (secondary N) is 2. The lowest BCUT2D eigenvalue weighted by Crippen LogP contribution is -2.18. The highest BCUT2D eigenvalue weighted by Gasteiger charge is 2.13. The van der Waals surface area contributed by atoms with Gasteiger partial charge in [0.25, 0.3) is 11.8 Å². The third kappa shape index (κ3) is 3.75. The smallest absolute Gasteiger partial charge is 0.265 e. The molecular formula is C19H15FN2O2S. The second-order valence-corrected chi connectivity index (χ2v) is 6.34. The fourth-order valence-electron chi connectivity index (χ4n) is 2.34. The van der Waals surface area contributed by atoms with E-state index in [-0.39, 0.29) is 17.6 Å². The molecule has 0 fully saturated rings. The van der Waals surface area contributed by atoms with E-state index in [2.05, 4.69) is 10.6 Å². The number of anilines is 1. The quantitative estimate of drug-likeness (QED) is 0.739. The Labute approximate surface area is 148 Å². The number of rotatable bonds is 4. The minimum Gasteiger partial charge on any atom is -0.355 e. The summed E-state index contributed by atoms with van der Waals surface area (Å²) in [5.74, 6) is -0.856. The number of carbonyl (C=O) groups excluding carboxylic acids is 2. The topological polar surface area (TPSA) is 58.2 Å². The van der Waals surface area contributed by atoms with E-state index in [1.807, 2.05) is 0 Å². The highest BCUT2D eigenvalue weighted by atomic mass is 32.1. The predicted octanol–water partition coefficient (Wildman–Crippen LogP) is 4.17. The van der Waals surface area contributed by atoms with Crippen molar-refractivity contribution in [3.8, 4) is 10.4 Å². The Kier molecular flexibility index (Phi) is 4.90. The van der Waals surface area contributed by atoms with Crippen LogP contribution < -0.4 is 10.6 Å². The third-order valence-electron chi connectivity index (χ3n) is 3.58. The molecule has 0 bridgehead atoms. The summed E-state index contributed by atoms with van der Waals surface area (Å²) in [5, 5.41) is 5.29. The summed E-state index contributed by atoms with van der Waals surface area (Å²) in [5.41, 5.74) is 1.44. The van der Waals surface area contributed by atoms with Crippen LogP contribution in [0.3, 0.4) is 0 Å². The van der Waals surface area contributed by atoms with Crippen LogP contribution in [0.15, 0.2) is 60.7 Å². The summed E-state index contributed by atoms with van der Waals surface area (Å²) in [6, 6.07) is 16.5. The molecule has 0 unspecified atom stereocenters. The predicted molar refractivity (Wildman–Crippen MR) is 97.5 cm³/mol. The second kappa shape index (κ2) is 7.27. The second-order valence-electron chi connectivity index (χ2n) is 5.26. The molecular weight excluding hydrogens is 339 g/mol. The summed E-state index contributed by atoms with van der Waals surface area (Å²) in [6.45, 7) is 0. The Morgan fingerprint density at radius 2 is 1.76 bits per heavy atom. The Morgan fingerprint density at radius 3 is 2.52 bits per heavy atom. The van der Waals surface area contributed by atoms with Crippen molar-refractivity contribution in [2.24, 2.45) is 0 Å². The zero-order valence-electron chi connectivity index (χ0n) is 13.4. The maximum atomic E-state index is 13.9. The third-order valence-corrected chi connectivity index (χ3v) is 4.70. The number of halogens is 1. The van der Waals surface area contributed by atoms with Crippen LogP contribution in [0.4, 0.5) is 10.1 Å². The molecule has 0 radical (unpaired) electrons. The maximum Gasteiger partial charge on any atom is 0.265 e. The van der Waals surface area contributed by atoms with Gasteiger partial charge >= 0.3 is 0 Å². The van der Waals surface area contributed by atoms with Gasteiger partial charge in [0.15, 0.2) is 0 Å². The van der Waals surface area contributed by atoms with Gasteiger partial charge in [-0.25, -0.2) is 4.39 Å². The van der Waals surface area contributed by atoms with Crippen LogP contribution in [0.25, 0.3) is 10.4 Å². The van der Waals surface area contributed by atoms with E-state index in [1.54, 1.807) is 61.6 Å². The summed E-state index contributed by atoms with van der Waals surface area (Å²) in [4.78, 5) is 25.2. The van der Waals surface area contributed by atoms with Crippen LogP contribution in [0.1, 0.15) is 20.0 Å². The maximum absolute atomic E-state index is 13.9. The van der Waals surface area contributed by atoms with Crippen molar-refractivity contribution >= 4 is 28.8 Å². The van der Waals surface area contributed by atoms with Crippen LogP contribution in [-0.4, -0.2) is 18.9 Å². The van der Waals surface area contributed by atoms with Gasteiger partial charge < -0.3 is 10.6 Å². The zero-order valence-corrected chi connectivity index (χ0v) is 14.2. The highest BCUT2D eigenvalue weighted by Crippen LogP contribution is 2.30. The van der Waals surface area contributed by atoms with Gasteiger partial charge in [-0.2, -0.15) is 0 Å². The molecule has 0 saturated heterocycles. The molecule has 2 amide bonds. The molecule has 126 valence electrons. The van der Waals surface area contributed by atoms with Crippen molar-refractivity contribution in [2.75, 3.05) is 12.4 Å². The molecule has 0 aliphatic carbocycles. The minimum absolute atomic E-state index is 0.228. The normalized spacial score (nSPS) is 10.3. The summed E-state index contributed by atoms with van der Waals surface area (Å²) >= 11 is 1.21. The Bertz CT molecular complexity index is 936. The van der Waals surface area contributed by atoms with E-state index in [9.17, 15) is 14.0 Å². The van der Waals surface area contributed by atoms with Crippen LogP contribution in [0.2, 0.25) is 0 Å². The number of amides is 2. The molecule has 0 saturated carbocycles. The van der Waals surface area contributed by atoms with Gasteiger partial charge in [-0.3, -0.25) is 9.59 Å². The average molecular weight is 354 g/mol. The van der Waals surface area contributed by atoms with E-state index in [0.717, 1.165) is 0 Å². The first-order valence-corrected chi connectivity index (χ1v) is 8.38. The fraction of sp³-hybridized carbons (Fsp3) is 0.0526. The summed E-state index contributed by atoms with van der Waals surface area (Å²) in [7, 11) is 1.55. The number of hydrogen-bond acceptors (Lipinski definition) is 3. The molecule has 1 heterocycles. The largest absolute Gasteiger partial charge is 0.355 e. The van der Waals surface area contributed by atoms with Gasteiger partial charge in [-0.05, 0) is 36.4 Å². The standard InChI is InChI=1S/C19H15FN2O2S/c1-21-18(23)12-5-4-6-13(11-12)22-19(24)17-10-9-16(25-17)14-7-2-3-8-15(14)20/h2-11H,1H3,(H,21,23)(H,22,24). The van der Waals surface area contributed by atoms with Gasteiger partial charge in [0.05, 0.1) is 4.88 Å². The fourth-order valence-corrected chi connectivity index (χ4v) is 3.27. The molecule has 0 spiro atoms. The number of hydrogen-bond donors (Lipinski definition) is 2. The Hall–Kier alpha value is -2.99. The molecule has 3 aromatic rings. The molecule has 6 heteroatoms. The van der Waals surface area contributed by atoms with E-state index in [4.69, 9.17) is 0 Å². The first kappa shape index (κ1) is 16.9. The van der Waals surface area contributed by atoms with Crippen molar-refractivity contribution in [3.63, 3.8) is 0 Å². The number of thiophene rings is 1. The average Bonchev–Trinajstić information content (AvgIpc) is 3.11. The summed E-state index contributed by atoms with van der Waals surface area (Å²) < 4.78 is 13.9. The van der Waals surface area contributed by atoms with Gasteiger partial charge in [-0.1, -0.05) is 24.3 Å². The SMILES string of the molecule is CNC(=O)c1cccc(NC(=O)c2ccc(-c3ccccc3F)s2)c1. The zero-order chi connectivity index (χ0) is 17.8. The Morgan fingerprint density at radius 1 is 0.960 bits per heavy atom. The monoisotopic (exact) mass is 354 g/mol. The van der Waals surface area contributed by atoms with Crippen molar-refractivity contribution < 1.29 is 14.0 Å². The van der Waals surface area contributed by atoms with E-state index < -0.39 is 0 Å². The lowest BCUT2D eigenvalue weighted by molar-refractivity contribution is 0.0961. The minimum atomic E-state index is -0.324. The molecule has 2 aromatic carbocycles. The number of carbonyl (C=O) groups is 2. The molecule has 0 atom stereocenters. The molecule has 25 heavy (non-hydrogen) atoms. The molecule has 1 aromatic heterocycles. The highest BCUT2D eigenvalue weighted by molar-refractivity contribution is 7.17. The van der Waals surface area contributed by atoms with E-state index >= 15 is 0 Å². The van der Waals surface area contributed by atoms with Gasteiger partial charge in [0, 0.05) is 28.7 Å². The van der Waals surface area contributed by atoms with Gasteiger partial charge in [0.1, 0.15) is 5.82 Å². The molecule has 2 N–H and O–H groups in total. The first-order valence-electron chi connectivity index (χ1n) is 7.56. The van der Waals surface area contributed by atoms with E-state index in [0.29, 0.717) is 26.6 Å². The van der Waals surface area contributed by atoms with Crippen molar-refractivity contribution in [2.45, 2.75) is 0 Å². The first-order chi connectivity index (χ1) is 12.1. The Balaban J connectivity index is 1.79. The lowest BCUT2D eigenvalue weighted by atomic mass is 10.2. The van der Waals surface area contributed by atoms with Crippen LogP contribution in [0, 0.1) is 5.82 Å². The van der Waals surface area contributed by atoms with Crippen LogP contribution in [-0.2, 0) is 0 Å². The van der Waals surface area contributed by atoms with Crippen LogP contribution in [0.5, 0.6) is 0 Å². The molecule has 3 rings (SSSR count). The van der Waals surface area contributed by atoms with Crippen molar-refractivity contribution in [1.82, 2.24) is 5.32 Å². The van der Waals surface area contributed by atoms with Gasteiger partial charge in [-0.15, -0.1) is 11.3 Å². The molecule has 0 aliphatic heterocycles. The van der Waals surface area contributed by atoms with Crippen molar-refractivity contribution in [3.05, 3.63) is 76.9 Å². The van der Waals surface area contributed by atoms with Crippen LogP contribution >= 0.6 is 11.3 Å². The van der Waals surface area contributed by atoms with Crippen molar-refractivity contribution in [1.29, 1.82) is 0 Å². The van der Waals surface area contributed by atoms with E-state index in [1.165, 1.54) is 17.4 Å². The van der Waals surface area contributed by atoms with Gasteiger partial charge in [0.2, 0.25) is 0 Å². The lowest BCUT2D eigenvalue weighted by Gasteiger charge is -2.06. The molecule has 0 aliphatic rings.